The summed E-state index contributed by atoms with van der Waals surface area (Å²) in [5, 5.41) is 3.23. The molecule has 0 radical (unpaired) electrons. The smallest absolute Gasteiger partial charge is 0.289 e. The van der Waals surface area contributed by atoms with E-state index in [4.69, 9.17) is 9.15 Å². The van der Waals surface area contributed by atoms with E-state index < -0.39 is 11.6 Å². The number of ether oxygens (including phenoxy) is 1. The molecule has 1 amide bonds. The number of carbonyl (C=O) groups is 1. The van der Waals surface area contributed by atoms with Gasteiger partial charge in [-0.15, -0.1) is 0 Å². The first kappa shape index (κ1) is 20.6. The van der Waals surface area contributed by atoms with E-state index in [9.17, 15) is 13.6 Å². The molecular formula is C20H24F2N4O3. The number of nitrogens with zero attached hydrogens (tertiary/aromatic N) is 3. The number of amides is 1. The lowest BCUT2D eigenvalue weighted by Gasteiger charge is -2.36. The molecule has 3 rings (SSSR count). The van der Waals surface area contributed by atoms with Gasteiger partial charge in [0.15, 0.2) is 23.4 Å². The van der Waals surface area contributed by atoms with Gasteiger partial charge < -0.3 is 24.3 Å². The fourth-order valence-electron chi connectivity index (χ4n) is 2.98. The van der Waals surface area contributed by atoms with Crippen LogP contribution in [0, 0.1) is 11.6 Å². The van der Waals surface area contributed by atoms with Crippen LogP contribution >= 0.6 is 0 Å². The van der Waals surface area contributed by atoms with Crippen molar-refractivity contribution < 1.29 is 22.7 Å². The number of carbonyl (C=O) groups excluding carboxylic acids is 1. The Morgan fingerprint density at radius 2 is 1.93 bits per heavy atom. The molecule has 156 valence electrons. The van der Waals surface area contributed by atoms with Crippen molar-refractivity contribution >= 4 is 11.9 Å². The molecule has 2 aromatic rings. The van der Waals surface area contributed by atoms with Crippen molar-refractivity contribution in [2.75, 3.05) is 45.9 Å². The van der Waals surface area contributed by atoms with Crippen LogP contribution in [-0.2, 0) is 0 Å². The maximum absolute atomic E-state index is 13.2. The standard InChI is InChI=1S/C20H24F2N4O3/c1-2-23-20(24-7-13-28-15-5-6-16(21)17(22)14-15)26-10-8-25(9-11-26)19(27)18-4-3-12-29-18/h3-6,12,14H,2,7-11,13H2,1H3,(H,23,24). The quantitative estimate of drug-likeness (QED) is 0.453. The molecule has 1 saturated heterocycles. The van der Waals surface area contributed by atoms with E-state index >= 15 is 0 Å². The lowest BCUT2D eigenvalue weighted by Crippen LogP contribution is -2.53. The topological polar surface area (TPSA) is 70.3 Å². The van der Waals surface area contributed by atoms with Crippen molar-refractivity contribution in [3.63, 3.8) is 0 Å². The molecule has 0 aliphatic carbocycles. The molecule has 2 heterocycles. The summed E-state index contributed by atoms with van der Waals surface area (Å²) in [7, 11) is 0. The Morgan fingerprint density at radius 1 is 1.17 bits per heavy atom. The van der Waals surface area contributed by atoms with Crippen LogP contribution in [0.25, 0.3) is 0 Å². The van der Waals surface area contributed by atoms with Crippen LogP contribution in [0.1, 0.15) is 17.5 Å². The van der Waals surface area contributed by atoms with E-state index in [1.54, 1.807) is 17.0 Å². The lowest BCUT2D eigenvalue weighted by atomic mass is 10.3. The van der Waals surface area contributed by atoms with E-state index in [-0.39, 0.29) is 18.3 Å². The molecule has 29 heavy (non-hydrogen) atoms. The molecule has 1 fully saturated rings. The summed E-state index contributed by atoms with van der Waals surface area (Å²) in [4.78, 5) is 20.7. The minimum absolute atomic E-state index is 0.114. The van der Waals surface area contributed by atoms with Gasteiger partial charge in [0.1, 0.15) is 12.4 Å². The third-order valence-corrected chi connectivity index (χ3v) is 4.45. The number of hydrogen-bond acceptors (Lipinski definition) is 4. The third kappa shape index (κ3) is 5.46. The van der Waals surface area contributed by atoms with Gasteiger partial charge in [-0.2, -0.15) is 0 Å². The molecule has 1 aliphatic heterocycles. The Hall–Kier alpha value is -3.10. The molecule has 1 aromatic carbocycles. The van der Waals surface area contributed by atoms with Crippen molar-refractivity contribution in [2.45, 2.75) is 6.92 Å². The maximum atomic E-state index is 13.2. The average Bonchev–Trinajstić information content (AvgIpc) is 3.27. The predicted octanol–water partition coefficient (Wildman–Crippen LogP) is 2.36. The van der Waals surface area contributed by atoms with Crippen molar-refractivity contribution in [3.05, 3.63) is 54.0 Å². The van der Waals surface area contributed by atoms with Crippen LogP contribution in [0.3, 0.4) is 0 Å². The summed E-state index contributed by atoms with van der Waals surface area (Å²) in [6, 6.07) is 6.78. The summed E-state index contributed by atoms with van der Waals surface area (Å²) in [5.74, 6) is -0.638. The van der Waals surface area contributed by atoms with Crippen LogP contribution in [-0.4, -0.2) is 67.5 Å². The van der Waals surface area contributed by atoms with Gasteiger partial charge in [0.2, 0.25) is 0 Å². The van der Waals surface area contributed by atoms with Gasteiger partial charge in [-0.1, -0.05) is 0 Å². The molecule has 1 aliphatic rings. The molecular weight excluding hydrogens is 382 g/mol. The van der Waals surface area contributed by atoms with Gasteiger partial charge in [0.25, 0.3) is 5.91 Å². The van der Waals surface area contributed by atoms with Gasteiger partial charge in [-0.3, -0.25) is 4.79 Å². The van der Waals surface area contributed by atoms with Gasteiger partial charge >= 0.3 is 0 Å². The second kappa shape index (κ2) is 9.90. The van der Waals surface area contributed by atoms with Crippen LogP contribution in [0.15, 0.2) is 46.0 Å². The highest BCUT2D eigenvalue weighted by Gasteiger charge is 2.25. The molecule has 0 saturated carbocycles. The monoisotopic (exact) mass is 406 g/mol. The van der Waals surface area contributed by atoms with Gasteiger partial charge in [-0.25, -0.2) is 13.8 Å². The van der Waals surface area contributed by atoms with Crippen molar-refractivity contribution in [1.82, 2.24) is 15.1 Å². The fourth-order valence-corrected chi connectivity index (χ4v) is 2.98. The number of nitrogens with one attached hydrogen (secondary N) is 1. The normalized spacial score (nSPS) is 14.8. The number of furan rings is 1. The number of benzene rings is 1. The largest absolute Gasteiger partial charge is 0.492 e. The highest BCUT2D eigenvalue weighted by Crippen LogP contribution is 2.15. The number of guanidine groups is 1. The molecule has 0 atom stereocenters. The average molecular weight is 406 g/mol. The van der Waals surface area contributed by atoms with E-state index in [0.717, 1.165) is 18.1 Å². The van der Waals surface area contributed by atoms with Gasteiger partial charge in [0.05, 0.1) is 12.8 Å². The molecule has 0 unspecified atom stereocenters. The highest BCUT2D eigenvalue weighted by molar-refractivity contribution is 5.91. The zero-order valence-electron chi connectivity index (χ0n) is 16.2. The Balaban J connectivity index is 1.50. The van der Waals surface area contributed by atoms with Gasteiger partial charge in [-0.05, 0) is 31.2 Å². The molecule has 1 aromatic heterocycles. The summed E-state index contributed by atoms with van der Waals surface area (Å²) in [6.07, 6.45) is 1.49. The summed E-state index contributed by atoms with van der Waals surface area (Å²) in [5.41, 5.74) is 0. The first-order chi connectivity index (χ1) is 14.1. The SMILES string of the molecule is CCNC(=NCCOc1ccc(F)c(F)c1)N1CCN(C(=O)c2ccco2)CC1. The third-order valence-electron chi connectivity index (χ3n) is 4.45. The molecule has 0 bridgehead atoms. The van der Waals surface area contributed by atoms with Crippen molar-refractivity contribution in [1.29, 1.82) is 0 Å². The van der Waals surface area contributed by atoms with E-state index in [0.29, 0.717) is 45.0 Å². The Morgan fingerprint density at radius 3 is 2.59 bits per heavy atom. The Labute approximate surface area is 167 Å². The van der Waals surface area contributed by atoms with Crippen LogP contribution in [0.4, 0.5) is 8.78 Å². The number of rotatable bonds is 6. The molecule has 0 spiro atoms. The second-order valence-corrected chi connectivity index (χ2v) is 6.42. The minimum atomic E-state index is -0.943. The zero-order chi connectivity index (χ0) is 20.6. The van der Waals surface area contributed by atoms with Crippen molar-refractivity contribution in [2.24, 2.45) is 4.99 Å². The summed E-state index contributed by atoms with van der Waals surface area (Å²) >= 11 is 0. The van der Waals surface area contributed by atoms with E-state index in [2.05, 4.69) is 15.2 Å². The maximum Gasteiger partial charge on any atom is 0.289 e. The summed E-state index contributed by atoms with van der Waals surface area (Å²) in [6.45, 7) is 5.68. The van der Waals surface area contributed by atoms with Crippen molar-refractivity contribution in [3.8, 4) is 5.75 Å². The Kier molecular flexibility index (Phi) is 7.04. The van der Waals surface area contributed by atoms with Gasteiger partial charge in [0, 0.05) is 38.8 Å². The molecule has 9 heteroatoms. The Bertz CT molecular complexity index is 834. The zero-order valence-corrected chi connectivity index (χ0v) is 16.2. The first-order valence-corrected chi connectivity index (χ1v) is 9.52. The number of aliphatic imine (C=N–C) groups is 1. The van der Waals surface area contributed by atoms with Crippen LogP contribution in [0.5, 0.6) is 5.75 Å². The lowest BCUT2D eigenvalue weighted by molar-refractivity contribution is 0.0657. The van der Waals surface area contributed by atoms with E-state index in [1.807, 2.05) is 6.92 Å². The molecule has 1 N–H and O–H groups in total. The molecule has 7 nitrogen and oxygen atoms in total. The highest BCUT2D eigenvalue weighted by atomic mass is 19.2. The first-order valence-electron chi connectivity index (χ1n) is 9.52. The minimum Gasteiger partial charge on any atom is -0.492 e. The predicted molar refractivity (Wildman–Crippen MR) is 104 cm³/mol. The summed E-state index contributed by atoms with van der Waals surface area (Å²) < 4.78 is 36.8. The fraction of sp³-hybridized carbons (Fsp3) is 0.400. The number of piperazine rings is 1. The second-order valence-electron chi connectivity index (χ2n) is 6.42. The van der Waals surface area contributed by atoms with Crippen LogP contribution < -0.4 is 10.1 Å². The number of hydrogen-bond donors (Lipinski definition) is 1. The van der Waals surface area contributed by atoms with Crippen LogP contribution in [0.2, 0.25) is 0 Å². The number of halogens is 2. The van der Waals surface area contributed by atoms with E-state index in [1.165, 1.54) is 12.3 Å².